The van der Waals surface area contributed by atoms with E-state index in [0.29, 0.717) is 11.9 Å². The number of aromatic nitrogens is 4. The molecule has 6 nitrogen and oxygen atoms in total. The molecule has 1 N–H and O–H groups in total. The fraction of sp³-hybridized carbons (Fsp3) is 0.238. The summed E-state index contributed by atoms with van der Waals surface area (Å²) in [6.45, 7) is 1.97. The number of nitrogens with one attached hydrogen (secondary N) is 1. The zero-order valence-electron chi connectivity index (χ0n) is 15.4. The van der Waals surface area contributed by atoms with Gasteiger partial charge in [-0.3, -0.25) is 4.98 Å². The summed E-state index contributed by atoms with van der Waals surface area (Å²) in [6.07, 6.45) is 7.09. The van der Waals surface area contributed by atoms with Crippen LogP contribution in [0.1, 0.15) is 18.5 Å². The summed E-state index contributed by atoms with van der Waals surface area (Å²) in [4.78, 5) is 17.9. The second kappa shape index (κ2) is 7.16. The summed E-state index contributed by atoms with van der Waals surface area (Å²) in [6, 6.07) is 12.5. The largest absolute Gasteiger partial charge is 0.473 e. The van der Waals surface area contributed by atoms with E-state index in [1.54, 1.807) is 29.9 Å². The van der Waals surface area contributed by atoms with Gasteiger partial charge in [-0.15, -0.1) is 0 Å². The summed E-state index contributed by atoms with van der Waals surface area (Å²) in [5.74, 6) is 0.571. The van der Waals surface area contributed by atoms with Crippen LogP contribution in [-0.2, 0) is 0 Å². The number of hydrogen-bond acceptors (Lipinski definition) is 7. The topological polar surface area (TPSA) is 72.8 Å². The van der Waals surface area contributed by atoms with Crippen LogP contribution in [-0.4, -0.2) is 32.1 Å². The number of pyridine rings is 1. The number of hydrogen-bond donors (Lipinski definition) is 1. The molecule has 1 aliphatic rings. The van der Waals surface area contributed by atoms with Crippen LogP contribution in [0.2, 0.25) is 0 Å². The number of fused-ring (bicyclic) bond motifs is 1. The minimum atomic E-state index is 0.124. The molecule has 140 valence electrons. The van der Waals surface area contributed by atoms with Gasteiger partial charge in [-0.2, -0.15) is 0 Å². The zero-order valence-corrected chi connectivity index (χ0v) is 16.2. The second-order valence-electron chi connectivity index (χ2n) is 6.89. The maximum Gasteiger partial charge on any atom is 0.240 e. The van der Waals surface area contributed by atoms with E-state index in [2.05, 4.69) is 31.3 Å². The molecule has 3 aromatic heterocycles. The Morgan fingerprint density at radius 3 is 2.71 bits per heavy atom. The van der Waals surface area contributed by atoms with Crippen molar-refractivity contribution in [3.05, 3.63) is 60.7 Å². The van der Waals surface area contributed by atoms with Crippen LogP contribution in [0, 0.1) is 6.92 Å². The van der Waals surface area contributed by atoms with Gasteiger partial charge in [-0.25, -0.2) is 15.0 Å². The molecule has 0 saturated heterocycles. The van der Waals surface area contributed by atoms with E-state index in [9.17, 15) is 0 Å². The number of anilines is 1. The van der Waals surface area contributed by atoms with E-state index in [4.69, 9.17) is 4.74 Å². The highest BCUT2D eigenvalue weighted by Crippen LogP contribution is 2.34. The lowest BCUT2D eigenvalue weighted by Crippen LogP contribution is -2.42. The Hall–Kier alpha value is -3.06. The van der Waals surface area contributed by atoms with Gasteiger partial charge in [0.25, 0.3) is 0 Å². The highest BCUT2D eigenvalue weighted by atomic mass is 32.1. The highest BCUT2D eigenvalue weighted by Gasteiger charge is 2.32. The summed E-state index contributed by atoms with van der Waals surface area (Å²) in [7, 11) is 0. The third-order valence-corrected chi connectivity index (χ3v) is 5.89. The number of para-hydroxylation sites is 1. The molecule has 1 saturated carbocycles. The van der Waals surface area contributed by atoms with E-state index in [1.165, 1.54) is 4.70 Å². The summed E-state index contributed by atoms with van der Waals surface area (Å²) < 4.78 is 7.36. The predicted molar refractivity (Wildman–Crippen MR) is 111 cm³/mol. The van der Waals surface area contributed by atoms with Crippen LogP contribution < -0.4 is 10.1 Å². The maximum absolute atomic E-state index is 6.16. The first kappa shape index (κ1) is 17.1. The molecule has 1 fully saturated rings. The zero-order chi connectivity index (χ0) is 18.9. The standard InChI is InChI=1S/C21H19N5OS/c1-13-16(5-4-8-22-13)19-20(24-10-9-23-19)27-15-11-14(12-15)25-21-26-17-6-2-3-7-18(17)28-21/h2-10,14-15H,11-12H2,1H3,(H,25,26)/t14-,15+. The average Bonchev–Trinajstić information content (AvgIpc) is 3.10. The number of benzene rings is 1. The molecule has 4 aromatic rings. The highest BCUT2D eigenvalue weighted by molar-refractivity contribution is 7.22. The number of aryl methyl sites for hydroxylation is 1. The number of nitrogens with zero attached hydrogens (tertiary/aromatic N) is 4. The van der Waals surface area contributed by atoms with Gasteiger partial charge in [0.15, 0.2) is 5.13 Å². The Morgan fingerprint density at radius 2 is 1.86 bits per heavy atom. The molecular formula is C21H19N5OS. The van der Waals surface area contributed by atoms with E-state index in [1.807, 2.05) is 37.3 Å². The predicted octanol–water partition coefficient (Wildman–Crippen LogP) is 4.48. The Labute approximate surface area is 166 Å². The van der Waals surface area contributed by atoms with Crippen LogP contribution in [0.3, 0.4) is 0 Å². The van der Waals surface area contributed by atoms with Crippen LogP contribution >= 0.6 is 11.3 Å². The van der Waals surface area contributed by atoms with Crippen LogP contribution in [0.15, 0.2) is 55.0 Å². The molecular weight excluding hydrogens is 370 g/mol. The monoisotopic (exact) mass is 389 g/mol. The van der Waals surface area contributed by atoms with Crippen molar-refractivity contribution in [2.75, 3.05) is 5.32 Å². The van der Waals surface area contributed by atoms with Gasteiger partial charge in [-0.05, 0) is 31.2 Å². The Kier molecular flexibility index (Phi) is 4.37. The molecule has 0 radical (unpaired) electrons. The van der Waals surface area contributed by atoms with Gasteiger partial charge in [0.05, 0.1) is 10.2 Å². The third kappa shape index (κ3) is 3.29. The first-order valence-corrected chi connectivity index (χ1v) is 10.1. The summed E-state index contributed by atoms with van der Waals surface area (Å²) >= 11 is 1.69. The molecule has 0 atom stereocenters. The Balaban J connectivity index is 1.25. The number of ether oxygens (including phenoxy) is 1. The molecule has 28 heavy (non-hydrogen) atoms. The molecule has 0 bridgehead atoms. The van der Waals surface area contributed by atoms with E-state index < -0.39 is 0 Å². The van der Waals surface area contributed by atoms with Crippen molar-refractivity contribution in [2.45, 2.75) is 31.9 Å². The smallest absolute Gasteiger partial charge is 0.240 e. The first-order valence-electron chi connectivity index (χ1n) is 9.28. The molecule has 0 aliphatic heterocycles. The van der Waals surface area contributed by atoms with Gasteiger partial charge in [0.1, 0.15) is 11.8 Å². The minimum Gasteiger partial charge on any atom is -0.473 e. The number of thiazole rings is 1. The van der Waals surface area contributed by atoms with Gasteiger partial charge in [0, 0.05) is 48.7 Å². The van der Waals surface area contributed by atoms with Crippen LogP contribution in [0.4, 0.5) is 5.13 Å². The van der Waals surface area contributed by atoms with Crippen molar-refractivity contribution >= 4 is 26.7 Å². The van der Waals surface area contributed by atoms with E-state index >= 15 is 0 Å². The molecule has 5 rings (SSSR count). The molecule has 0 unspecified atom stereocenters. The lowest BCUT2D eigenvalue weighted by atomic mass is 9.89. The first-order chi connectivity index (χ1) is 13.8. The third-order valence-electron chi connectivity index (χ3n) is 4.92. The van der Waals surface area contributed by atoms with Gasteiger partial charge in [0.2, 0.25) is 5.88 Å². The molecule has 1 aromatic carbocycles. The molecule has 0 amide bonds. The lowest BCUT2D eigenvalue weighted by Gasteiger charge is -2.35. The van der Waals surface area contributed by atoms with Gasteiger partial charge in [-0.1, -0.05) is 23.5 Å². The molecule has 0 spiro atoms. The van der Waals surface area contributed by atoms with E-state index in [0.717, 1.165) is 40.4 Å². The summed E-state index contributed by atoms with van der Waals surface area (Å²) in [5, 5.41) is 4.49. The maximum atomic E-state index is 6.16. The average molecular weight is 389 g/mol. The quantitative estimate of drug-likeness (QED) is 0.543. The molecule has 7 heteroatoms. The van der Waals surface area contributed by atoms with Crippen molar-refractivity contribution in [2.24, 2.45) is 0 Å². The van der Waals surface area contributed by atoms with Crippen molar-refractivity contribution in [1.82, 2.24) is 19.9 Å². The lowest BCUT2D eigenvalue weighted by molar-refractivity contribution is 0.103. The normalized spacial score (nSPS) is 18.6. The summed E-state index contributed by atoms with van der Waals surface area (Å²) in [5.41, 5.74) is 3.65. The fourth-order valence-corrected chi connectivity index (χ4v) is 4.32. The Bertz CT molecular complexity index is 1090. The van der Waals surface area contributed by atoms with Crippen molar-refractivity contribution < 1.29 is 4.74 Å². The van der Waals surface area contributed by atoms with Gasteiger partial charge >= 0.3 is 0 Å². The van der Waals surface area contributed by atoms with Crippen molar-refractivity contribution in [1.29, 1.82) is 0 Å². The van der Waals surface area contributed by atoms with Crippen molar-refractivity contribution in [3.63, 3.8) is 0 Å². The minimum absolute atomic E-state index is 0.124. The van der Waals surface area contributed by atoms with Crippen LogP contribution in [0.5, 0.6) is 5.88 Å². The molecule has 3 heterocycles. The van der Waals surface area contributed by atoms with E-state index in [-0.39, 0.29) is 6.10 Å². The Morgan fingerprint density at radius 1 is 1.00 bits per heavy atom. The second-order valence-corrected chi connectivity index (χ2v) is 7.92. The number of rotatable bonds is 5. The fourth-order valence-electron chi connectivity index (χ4n) is 3.38. The van der Waals surface area contributed by atoms with Crippen molar-refractivity contribution in [3.8, 4) is 17.1 Å². The van der Waals surface area contributed by atoms with Gasteiger partial charge < -0.3 is 10.1 Å². The SMILES string of the molecule is Cc1ncccc1-c1nccnc1O[C@H]1C[C@@H](Nc2nc3ccccc3s2)C1. The molecule has 1 aliphatic carbocycles. The van der Waals surface area contributed by atoms with Crippen LogP contribution in [0.25, 0.3) is 21.5 Å².